The van der Waals surface area contributed by atoms with Crippen molar-refractivity contribution >= 4 is 0 Å². The van der Waals surface area contributed by atoms with Crippen LogP contribution in [0.1, 0.15) is 20.8 Å². The average molecular weight is 111 g/mol. The first-order valence-electron chi connectivity index (χ1n) is 2.37. The van der Waals surface area contributed by atoms with Gasteiger partial charge >= 0.3 is 0 Å². The molecule has 0 aromatic heterocycles. The van der Waals surface area contributed by atoms with Crippen LogP contribution in [0, 0.1) is 0 Å². The Morgan fingerprint density at radius 2 is 1.88 bits per heavy atom. The maximum Gasteiger partial charge on any atom is 0.0106 e. The molecular formula is C5H9N3. The molecule has 0 heterocycles. The minimum absolute atomic E-state index is 0.757. The van der Waals surface area contributed by atoms with Gasteiger partial charge in [-0.25, -0.2) is 0 Å². The lowest BCUT2D eigenvalue weighted by atomic mass is 10.3. The minimum atomic E-state index is 0.757. The third-order valence-corrected chi connectivity index (χ3v) is 0.918. The summed E-state index contributed by atoms with van der Waals surface area (Å²) in [7, 11) is 0. The third-order valence-electron chi connectivity index (χ3n) is 0.918. The van der Waals surface area contributed by atoms with Gasteiger partial charge < -0.3 is 0 Å². The summed E-state index contributed by atoms with van der Waals surface area (Å²) in [6, 6.07) is 0. The van der Waals surface area contributed by atoms with Crippen LogP contribution >= 0.6 is 0 Å². The van der Waals surface area contributed by atoms with E-state index < -0.39 is 0 Å². The zero-order chi connectivity index (χ0) is 6.57. The Morgan fingerprint density at radius 1 is 1.38 bits per heavy atom. The Labute approximate surface area is 48.6 Å². The molecule has 0 aliphatic rings. The van der Waals surface area contributed by atoms with E-state index in [-0.39, 0.29) is 0 Å². The molecule has 0 aromatic rings. The number of nitrogens with zero attached hydrogens (tertiary/aromatic N) is 3. The minimum Gasteiger partial charge on any atom is -0.0712 e. The van der Waals surface area contributed by atoms with Gasteiger partial charge in [0.2, 0.25) is 0 Å². The normalized spacial score (nSPS) is 7.38. The average Bonchev–Trinajstić information content (AvgIpc) is 1.67. The molecule has 0 N–H and O–H groups in total. The molecule has 0 radical (unpaired) electrons. The molecule has 0 amide bonds. The van der Waals surface area contributed by atoms with E-state index in [1.54, 1.807) is 6.92 Å². The van der Waals surface area contributed by atoms with Crippen molar-refractivity contribution < 1.29 is 0 Å². The summed E-state index contributed by atoms with van der Waals surface area (Å²) in [5.74, 6) is 0. The van der Waals surface area contributed by atoms with Crippen LogP contribution in [-0.2, 0) is 0 Å². The number of allylic oxidation sites excluding steroid dienone is 2. The van der Waals surface area contributed by atoms with E-state index in [4.69, 9.17) is 5.53 Å². The summed E-state index contributed by atoms with van der Waals surface area (Å²) in [6.07, 6.45) is 0. The third kappa shape index (κ3) is 2.26. The number of hydrogen-bond acceptors (Lipinski definition) is 1. The first-order valence-corrected chi connectivity index (χ1v) is 2.37. The van der Waals surface area contributed by atoms with Gasteiger partial charge in [0.05, 0.1) is 0 Å². The second-order valence-corrected chi connectivity index (χ2v) is 1.77. The van der Waals surface area contributed by atoms with Crippen LogP contribution in [-0.4, -0.2) is 0 Å². The van der Waals surface area contributed by atoms with E-state index in [9.17, 15) is 0 Å². The van der Waals surface area contributed by atoms with Crippen molar-refractivity contribution in [2.24, 2.45) is 5.11 Å². The molecule has 0 aliphatic carbocycles. The maximum absolute atomic E-state index is 7.91. The van der Waals surface area contributed by atoms with Gasteiger partial charge in [-0.15, -0.1) is 0 Å². The Bertz CT molecular complexity index is 147. The molecule has 3 nitrogen and oxygen atoms in total. The van der Waals surface area contributed by atoms with Gasteiger partial charge in [-0.05, 0) is 26.3 Å². The molecule has 0 aliphatic heterocycles. The molecule has 0 unspecified atom stereocenters. The Morgan fingerprint density at radius 3 is 2.00 bits per heavy atom. The van der Waals surface area contributed by atoms with Crippen LogP contribution in [0.5, 0.6) is 0 Å². The summed E-state index contributed by atoms with van der Waals surface area (Å²) >= 11 is 0. The van der Waals surface area contributed by atoms with Gasteiger partial charge in [0.15, 0.2) is 0 Å². The summed E-state index contributed by atoms with van der Waals surface area (Å²) in [5.41, 5.74) is 9.72. The highest BCUT2D eigenvalue weighted by atomic mass is 15.1. The highest BCUT2D eigenvalue weighted by Gasteiger charge is 1.82. The summed E-state index contributed by atoms with van der Waals surface area (Å²) in [4.78, 5) is 2.62. The monoisotopic (exact) mass is 111 g/mol. The van der Waals surface area contributed by atoms with E-state index in [2.05, 4.69) is 10.0 Å². The number of rotatable bonds is 1. The molecule has 0 saturated heterocycles. The Hall–Kier alpha value is -0.950. The SMILES string of the molecule is CC(C)=C(C)N=[N+]=[N-]. The lowest BCUT2D eigenvalue weighted by Gasteiger charge is -1.88. The standard InChI is InChI=1S/C5H9N3/c1-4(2)5(3)7-8-6/h1-3H3. The smallest absolute Gasteiger partial charge is 0.0106 e. The van der Waals surface area contributed by atoms with Crippen molar-refractivity contribution in [3.05, 3.63) is 21.7 Å². The summed E-state index contributed by atoms with van der Waals surface area (Å²) < 4.78 is 0. The van der Waals surface area contributed by atoms with E-state index in [0.29, 0.717) is 0 Å². The van der Waals surface area contributed by atoms with Gasteiger partial charge in [0.1, 0.15) is 0 Å². The van der Waals surface area contributed by atoms with Crippen molar-refractivity contribution in [1.29, 1.82) is 0 Å². The predicted molar refractivity (Wildman–Crippen MR) is 33.2 cm³/mol. The van der Waals surface area contributed by atoms with Gasteiger partial charge in [0, 0.05) is 10.6 Å². The lowest BCUT2D eigenvalue weighted by molar-refractivity contribution is 1.17. The van der Waals surface area contributed by atoms with Gasteiger partial charge in [0.25, 0.3) is 0 Å². The largest absolute Gasteiger partial charge is 0.0712 e. The Kier molecular flexibility index (Phi) is 2.74. The van der Waals surface area contributed by atoms with Gasteiger partial charge in [-0.3, -0.25) is 0 Å². The highest BCUT2D eigenvalue weighted by Crippen LogP contribution is 2.01. The maximum atomic E-state index is 7.91. The van der Waals surface area contributed by atoms with Crippen LogP contribution in [0.3, 0.4) is 0 Å². The quantitative estimate of drug-likeness (QED) is 0.283. The van der Waals surface area contributed by atoms with Gasteiger partial charge in [-0.2, -0.15) is 0 Å². The van der Waals surface area contributed by atoms with Crippen molar-refractivity contribution in [3.63, 3.8) is 0 Å². The molecule has 3 heteroatoms. The van der Waals surface area contributed by atoms with E-state index in [0.717, 1.165) is 11.3 Å². The first-order chi connectivity index (χ1) is 3.68. The van der Waals surface area contributed by atoms with E-state index >= 15 is 0 Å². The van der Waals surface area contributed by atoms with Crippen LogP contribution in [0.4, 0.5) is 0 Å². The molecule has 0 fully saturated rings. The molecular weight excluding hydrogens is 102 g/mol. The summed E-state index contributed by atoms with van der Waals surface area (Å²) in [6.45, 7) is 5.60. The van der Waals surface area contributed by atoms with Crippen molar-refractivity contribution in [1.82, 2.24) is 0 Å². The molecule has 0 spiro atoms. The van der Waals surface area contributed by atoms with Crippen molar-refractivity contribution in [2.45, 2.75) is 20.8 Å². The zero-order valence-electron chi connectivity index (χ0n) is 5.34. The van der Waals surface area contributed by atoms with Crippen LogP contribution in [0.15, 0.2) is 16.4 Å². The van der Waals surface area contributed by atoms with Crippen LogP contribution in [0.2, 0.25) is 0 Å². The van der Waals surface area contributed by atoms with Crippen molar-refractivity contribution in [2.75, 3.05) is 0 Å². The molecule has 0 bridgehead atoms. The number of hydrogen-bond donors (Lipinski definition) is 0. The fraction of sp³-hybridized carbons (Fsp3) is 0.600. The second-order valence-electron chi connectivity index (χ2n) is 1.77. The fourth-order valence-electron chi connectivity index (χ4n) is 0.167. The lowest BCUT2D eigenvalue weighted by Crippen LogP contribution is -1.69. The van der Waals surface area contributed by atoms with Gasteiger partial charge in [-0.1, -0.05) is 10.7 Å². The molecule has 44 valence electrons. The second kappa shape index (κ2) is 3.10. The summed E-state index contributed by atoms with van der Waals surface area (Å²) in [5, 5.41) is 3.38. The predicted octanol–water partition coefficient (Wildman–Crippen LogP) is 2.61. The first kappa shape index (κ1) is 7.05. The fourth-order valence-corrected chi connectivity index (χ4v) is 0.167. The van der Waals surface area contributed by atoms with Crippen LogP contribution in [0.25, 0.3) is 10.4 Å². The molecule has 0 atom stereocenters. The highest BCUT2D eigenvalue weighted by molar-refractivity contribution is 5.04. The van der Waals surface area contributed by atoms with E-state index in [1.807, 2.05) is 13.8 Å². The topological polar surface area (TPSA) is 48.8 Å². The molecule has 0 saturated carbocycles. The molecule has 8 heavy (non-hydrogen) atoms. The molecule has 0 rings (SSSR count). The van der Waals surface area contributed by atoms with Crippen molar-refractivity contribution in [3.8, 4) is 0 Å². The van der Waals surface area contributed by atoms with Crippen LogP contribution < -0.4 is 0 Å². The zero-order valence-corrected chi connectivity index (χ0v) is 5.34. The number of azide groups is 1. The Balaban J connectivity index is 4.22. The molecule has 0 aromatic carbocycles. The van der Waals surface area contributed by atoms with E-state index in [1.165, 1.54) is 0 Å².